The molecule has 0 atom stereocenters. The summed E-state index contributed by atoms with van der Waals surface area (Å²) in [7, 11) is 1.27. The Bertz CT molecular complexity index is 1290. The summed E-state index contributed by atoms with van der Waals surface area (Å²) in [6, 6.07) is 5.84. The number of nitrogens with zero attached hydrogens (tertiary/aromatic N) is 2. The molecule has 3 rings (SSSR count). The molecule has 0 saturated carbocycles. The standard InChI is InChI=1S/C24H17Cl2F7N2O/c1-22(2,12-6-13(23(28,29)30)8-14(7-12)24(31,32)33)21(36)35(3)19-11-34-20(26)10-17(19)16-5-4-15(27)9-18(16)25/h4-11H,1-3H3. The lowest BCUT2D eigenvalue weighted by Gasteiger charge is -2.32. The number of halogens is 9. The third-order valence-corrected chi connectivity index (χ3v) is 6.10. The Balaban J connectivity index is 2.14. The van der Waals surface area contributed by atoms with Crippen molar-refractivity contribution in [2.75, 3.05) is 11.9 Å². The van der Waals surface area contributed by atoms with Gasteiger partial charge in [0.2, 0.25) is 5.91 Å². The van der Waals surface area contributed by atoms with E-state index in [2.05, 4.69) is 4.98 Å². The minimum Gasteiger partial charge on any atom is -0.313 e. The van der Waals surface area contributed by atoms with Crippen LogP contribution in [0.25, 0.3) is 11.1 Å². The van der Waals surface area contributed by atoms with Crippen molar-refractivity contribution in [3.05, 3.63) is 81.3 Å². The van der Waals surface area contributed by atoms with E-state index < -0.39 is 46.2 Å². The molecule has 12 heteroatoms. The van der Waals surface area contributed by atoms with Gasteiger partial charge in [-0.3, -0.25) is 4.79 Å². The first kappa shape index (κ1) is 27.7. The van der Waals surface area contributed by atoms with Crippen molar-refractivity contribution in [3.63, 3.8) is 0 Å². The van der Waals surface area contributed by atoms with Gasteiger partial charge in [-0.1, -0.05) is 23.2 Å². The maximum Gasteiger partial charge on any atom is 0.416 e. The number of benzene rings is 2. The number of alkyl halides is 6. The second-order valence-corrected chi connectivity index (χ2v) is 9.23. The molecule has 1 heterocycles. The SMILES string of the molecule is CN(C(=O)C(C)(C)c1cc(C(F)(F)F)cc(C(F)(F)F)c1)c1cnc(Cl)cc1-c1ccc(F)cc1Cl. The molecule has 0 aliphatic heterocycles. The summed E-state index contributed by atoms with van der Waals surface area (Å²) >= 11 is 12.2. The van der Waals surface area contributed by atoms with Gasteiger partial charge in [0.15, 0.2) is 0 Å². The van der Waals surface area contributed by atoms with Crippen LogP contribution >= 0.6 is 23.2 Å². The molecule has 0 unspecified atom stereocenters. The smallest absolute Gasteiger partial charge is 0.313 e. The zero-order valence-electron chi connectivity index (χ0n) is 18.8. The summed E-state index contributed by atoms with van der Waals surface area (Å²) in [6.07, 6.45) is -8.96. The fourth-order valence-electron chi connectivity index (χ4n) is 3.58. The number of amides is 1. The van der Waals surface area contributed by atoms with Crippen LogP contribution in [0.1, 0.15) is 30.5 Å². The first-order chi connectivity index (χ1) is 16.4. The van der Waals surface area contributed by atoms with Crippen LogP contribution in [0.3, 0.4) is 0 Å². The van der Waals surface area contributed by atoms with E-state index in [-0.39, 0.29) is 33.1 Å². The Labute approximate surface area is 211 Å². The van der Waals surface area contributed by atoms with Crippen molar-refractivity contribution in [3.8, 4) is 11.1 Å². The fraction of sp³-hybridized carbons (Fsp3) is 0.250. The van der Waals surface area contributed by atoms with Gasteiger partial charge < -0.3 is 4.90 Å². The van der Waals surface area contributed by atoms with E-state index in [0.717, 1.165) is 17.0 Å². The number of likely N-dealkylation sites (N-methyl/N-ethyl adjacent to an activating group) is 1. The van der Waals surface area contributed by atoms with Crippen molar-refractivity contribution in [2.45, 2.75) is 31.6 Å². The highest BCUT2D eigenvalue weighted by Crippen LogP contribution is 2.41. The van der Waals surface area contributed by atoms with Gasteiger partial charge >= 0.3 is 12.4 Å². The summed E-state index contributed by atoms with van der Waals surface area (Å²) in [5.74, 6) is -1.47. The maximum atomic E-state index is 13.6. The largest absolute Gasteiger partial charge is 0.416 e. The molecule has 0 radical (unpaired) electrons. The van der Waals surface area contributed by atoms with Crippen LogP contribution in [-0.4, -0.2) is 17.9 Å². The van der Waals surface area contributed by atoms with Gasteiger partial charge in [-0.05, 0) is 61.9 Å². The minimum absolute atomic E-state index is 0.00180. The molecule has 1 aromatic heterocycles. The third kappa shape index (κ3) is 5.59. The number of carbonyl (C=O) groups excluding carboxylic acids is 1. The molecule has 0 saturated heterocycles. The highest BCUT2D eigenvalue weighted by atomic mass is 35.5. The van der Waals surface area contributed by atoms with Crippen LogP contribution < -0.4 is 4.90 Å². The second kappa shape index (κ2) is 9.55. The highest BCUT2D eigenvalue weighted by molar-refractivity contribution is 6.34. The molecule has 2 aromatic carbocycles. The average molecular weight is 553 g/mol. The Morgan fingerprint density at radius 1 is 0.833 bits per heavy atom. The van der Waals surface area contributed by atoms with E-state index in [1.54, 1.807) is 0 Å². The van der Waals surface area contributed by atoms with E-state index in [1.165, 1.54) is 39.2 Å². The molecule has 3 aromatic rings. The number of hydrogen-bond acceptors (Lipinski definition) is 2. The topological polar surface area (TPSA) is 33.2 Å². The second-order valence-electron chi connectivity index (χ2n) is 8.43. The van der Waals surface area contributed by atoms with Crippen LogP contribution in [0, 0.1) is 5.82 Å². The van der Waals surface area contributed by atoms with Crippen molar-refractivity contribution in [1.29, 1.82) is 0 Å². The number of pyridine rings is 1. The monoisotopic (exact) mass is 552 g/mol. The molecule has 1 amide bonds. The lowest BCUT2D eigenvalue weighted by atomic mass is 9.81. The van der Waals surface area contributed by atoms with E-state index in [9.17, 15) is 35.5 Å². The van der Waals surface area contributed by atoms with E-state index in [4.69, 9.17) is 23.2 Å². The van der Waals surface area contributed by atoms with Crippen LogP contribution in [0.2, 0.25) is 10.2 Å². The number of hydrogen-bond donors (Lipinski definition) is 0. The molecule has 3 nitrogen and oxygen atoms in total. The lowest BCUT2D eigenvalue weighted by molar-refractivity contribution is -0.143. The van der Waals surface area contributed by atoms with Crippen molar-refractivity contribution in [1.82, 2.24) is 4.98 Å². The summed E-state index contributed by atoms with van der Waals surface area (Å²) in [5.41, 5.74) is -4.82. The van der Waals surface area contributed by atoms with E-state index in [1.807, 2.05) is 0 Å². The molecule has 0 fully saturated rings. The van der Waals surface area contributed by atoms with Crippen molar-refractivity contribution >= 4 is 34.8 Å². The predicted molar refractivity (Wildman–Crippen MR) is 123 cm³/mol. The Morgan fingerprint density at radius 3 is 1.86 bits per heavy atom. The van der Waals surface area contributed by atoms with Crippen LogP contribution in [0.4, 0.5) is 36.4 Å². The summed E-state index contributed by atoms with van der Waals surface area (Å²) in [4.78, 5) is 18.4. The van der Waals surface area contributed by atoms with Gasteiger partial charge in [0.25, 0.3) is 0 Å². The molecule has 0 aliphatic rings. The molecule has 0 spiro atoms. The zero-order chi connectivity index (χ0) is 27.2. The molecule has 0 N–H and O–H groups in total. The maximum absolute atomic E-state index is 13.6. The van der Waals surface area contributed by atoms with E-state index >= 15 is 0 Å². The summed E-state index contributed by atoms with van der Waals surface area (Å²) < 4.78 is 93.8. The quantitative estimate of drug-likeness (QED) is 0.241. The molecule has 0 aliphatic carbocycles. The van der Waals surface area contributed by atoms with Gasteiger partial charge in [0.05, 0.1) is 33.4 Å². The Hall–Kier alpha value is -2.85. The number of anilines is 1. The Kier molecular flexibility index (Phi) is 7.36. The van der Waals surface area contributed by atoms with Crippen LogP contribution in [0.15, 0.2) is 48.7 Å². The summed E-state index contributed by atoms with van der Waals surface area (Å²) in [5, 5.41) is -0.0201. The normalized spacial score (nSPS) is 12.6. The van der Waals surface area contributed by atoms with E-state index in [0.29, 0.717) is 12.1 Å². The zero-order valence-corrected chi connectivity index (χ0v) is 20.3. The lowest BCUT2D eigenvalue weighted by Crippen LogP contribution is -2.42. The van der Waals surface area contributed by atoms with Crippen LogP contribution in [0.5, 0.6) is 0 Å². The number of carbonyl (C=O) groups is 1. The van der Waals surface area contributed by atoms with Gasteiger partial charge in [0.1, 0.15) is 11.0 Å². The highest BCUT2D eigenvalue weighted by Gasteiger charge is 2.41. The third-order valence-electron chi connectivity index (χ3n) is 5.58. The Morgan fingerprint density at radius 2 is 1.36 bits per heavy atom. The molecule has 36 heavy (non-hydrogen) atoms. The van der Waals surface area contributed by atoms with Crippen LogP contribution in [-0.2, 0) is 22.6 Å². The minimum atomic E-state index is -5.08. The first-order valence-electron chi connectivity index (χ1n) is 10.1. The van der Waals surface area contributed by atoms with Gasteiger partial charge in [-0.15, -0.1) is 0 Å². The number of rotatable bonds is 4. The van der Waals surface area contributed by atoms with Crippen molar-refractivity contribution in [2.24, 2.45) is 0 Å². The van der Waals surface area contributed by atoms with Gasteiger partial charge in [0, 0.05) is 18.2 Å². The molecule has 0 bridgehead atoms. The number of aromatic nitrogens is 1. The molecular weight excluding hydrogens is 536 g/mol. The average Bonchev–Trinajstić information content (AvgIpc) is 2.76. The fourth-order valence-corrected chi connectivity index (χ4v) is 4.01. The first-order valence-corrected chi connectivity index (χ1v) is 10.9. The molecular formula is C24H17Cl2F7N2O. The molecule has 192 valence electrons. The van der Waals surface area contributed by atoms with Gasteiger partial charge in [-0.2, -0.15) is 26.3 Å². The predicted octanol–water partition coefficient (Wildman–Crippen LogP) is 8.17. The summed E-state index contributed by atoms with van der Waals surface area (Å²) in [6.45, 7) is 2.41. The van der Waals surface area contributed by atoms with Crippen molar-refractivity contribution < 1.29 is 35.5 Å². The van der Waals surface area contributed by atoms with Gasteiger partial charge in [-0.25, -0.2) is 9.37 Å².